The summed E-state index contributed by atoms with van der Waals surface area (Å²) in [5.41, 5.74) is 1.20. The van der Waals surface area contributed by atoms with Gasteiger partial charge in [-0.15, -0.1) is 0 Å². The van der Waals surface area contributed by atoms with E-state index >= 15 is 0 Å². The Hall–Kier alpha value is -1.86. The molecule has 1 heterocycles. The van der Waals surface area contributed by atoms with E-state index < -0.39 is 10.0 Å². The molecular formula is C19H26N2O4S. The highest BCUT2D eigenvalue weighted by molar-refractivity contribution is 7.89. The van der Waals surface area contributed by atoms with Crippen LogP contribution in [0.25, 0.3) is 11.0 Å². The van der Waals surface area contributed by atoms with E-state index in [9.17, 15) is 13.2 Å². The van der Waals surface area contributed by atoms with Crippen molar-refractivity contribution in [2.24, 2.45) is 0 Å². The second kappa shape index (κ2) is 7.40. The first-order valence-corrected chi connectivity index (χ1v) is 10.7. The summed E-state index contributed by atoms with van der Waals surface area (Å²) in [6, 6.07) is 4.98. The number of amides is 1. The van der Waals surface area contributed by atoms with E-state index in [1.54, 1.807) is 19.1 Å². The Balaban J connectivity index is 1.95. The lowest BCUT2D eigenvalue weighted by molar-refractivity contribution is 0.0911. The highest BCUT2D eigenvalue weighted by atomic mass is 32.2. The summed E-state index contributed by atoms with van der Waals surface area (Å²) in [6.45, 7) is 6.25. The number of fused-ring (bicyclic) bond motifs is 1. The molecule has 1 aromatic carbocycles. The zero-order chi connectivity index (χ0) is 18.9. The lowest BCUT2D eigenvalue weighted by Crippen LogP contribution is -2.32. The third-order valence-corrected chi connectivity index (χ3v) is 7.19. The van der Waals surface area contributed by atoms with Crippen molar-refractivity contribution in [1.82, 2.24) is 9.62 Å². The van der Waals surface area contributed by atoms with Crippen molar-refractivity contribution in [3.8, 4) is 0 Å². The SMILES string of the molecule is CCN(CC)S(=O)(=O)c1ccc2oc(C(=O)NC3CCCC3)c(C)c2c1. The van der Waals surface area contributed by atoms with Crippen molar-refractivity contribution < 1.29 is 17.6 Å². The molecule has 142 valence electrons. The number of nitrogens with one attached hydrogen (secondary N) is 1. The molecule has 1 N–H and O–H groups in total. The topological polar surface area (TPSA) is 79.6 Å². The van der Waals surface area contributed by atoms with Crippen LogP contribution in [0.15, 0.2) is 27.5 Å². The van der Waals surface area contributed by atoms with Gasteiger partial charge in [-0.2, -0.15) is 4.31 Å². The molecule has 1 amide bonds. The maximum absolute atomic E-state index is 12.7. The molecule has 2 aromatic rings. The average Bonchev–Trinajstić information content (AvgIpc) is 3.23. The van der Waals surface area contributed by atoms with Gasteiger partial charge in [0.15, 0.2) is 5.76 Å². The second-order valence-electron chi connectivity index (χ2n) is 6.76. The summed E-state index contributed by atoms with van der Waals surface area (Å²) < 4.78 is 32.6. The largest absolute Gasteiger partial charge is 0.451 e. The first-order valence-electron chi connectivity index (χ1n) is 9.22. The van der Waals surface area contributed by atoms with Crippen molar-refractivity contribution in [3.05, 3.63) is 29.5 Å². The molecule has 1 aromatic heterocycles. The Morgan fingerprint density at radius 3 is 2.50 bits per heavy atom. The number of aryl methyl sites for hydroxylation is 1. The molecule has 0 atom stereocenters. The Morgan fingerprint density at radius 1 is 1.23 bits per heavy atom. The minimum Gasteiger partial charge on any atom is -0.451 e. The first kappa shape index (κ1) is 18.9. The highest BCUT2D eigenvalue weighted by Crippen LogP contribution is 2.29. The summed E-state index contributed by atoms with van der Waals surface area (Å²) in [5, 5.41) is 3.68. The molecule has 0 aliphatic heterocycles. The molecule has 1 aliphatic rings. The third-order valence-electron chi connectivity index (χ3n) is 5.15. The lowest BCUT2D eigenvalue weighted by Gasteiger charge is -2.18. The van der Waals surface area contributed by atoms with Crippen molar-refractivity contribution in [2.45, 2.75) is 57.4 Å². The Labute approximate surface area is 154 Å². The number of rotatable bonds is 6. The molecular weight excluding hydrogens is 352 g/mol. The van der Waals surface area contributed by atoms with Gasteiger partial charge in [0.05, 0.1) is 4.90 Å². The normalized spacial score (nSPS) is 15.8. The van der Waals surface area contributed by atoms with Crippen LogP contribution in [0.3, 0.4) is 0 Å². The molecule has 0 unspecified atom stereocenters. The monoisotopic (exact) mass is 378 g/mol. The number of sulfonamides is 1. The van der Waals surface area contributed by atoms with Gasteiger partial charge >= 0.3 is 0 Å². The van der Waals surface area contributed by atoms with Gasteiger partial charge < -0.3 is 9.73 Å². The van der Waals surface area contributed by atoms with Gasteiger partial charge in [-0.05, 0) is 38.0 Å². The standard InChI is InChI=1S/C19H26N2O4S/c1-4-21(5-2)26(23,24)15-10-11-17-16(12-15)13(3)18(25-17)19(22)20-14-8-6-7-9-14/h10-12,14H,4-9H2,1-3H3,(H,20,22). The van der Waals surface area contributed by atoms with Crippen molar-refractivity contribution in [1.29, 1.82) is 0 Å². The van der Waals surface area contributed by atoms with Crippen LogP contribution in [-0.2, 0) is 10.0 Å². The fourth-order valence-electron chi connectivity index (χ4n) is 3.61. The minimum atomic E-state index is -3.55. The van der Waals surface area contributed by atoms with Crippen LogP contribution < -0.4 is 5.32 Å². The summed E-state index contributed by atoms with van der Waals surface area (Å²) in [7, 11) is -3.55. The van der Waals surface area contributed by atoms with E-state index in [-0.39, 0.29) is 22.6 Å². The molecule has 26 heavy (non-hydrogen) atoms. The van der Waals surface area contributed by atoms with Gasteiger partial charge in [0.1, 0.15) is 5.58 Å². The molecule has 3 rings (SSSR count). The van der Waals surface area contributed by atoms with Gasteiger partial charge in [0.25, 0.3) is 5.91 Å². The van der Waals surface area contributed by atoms with E-state index in [0.717, 1.165) is 25.7 Å². The quantitative estimate of drug-likeness (QED) is 0.835. The van der Waals surface area contributed by atoms with Crippen LogP contribution in [0.2, 0.25) is 0 Å². The summed E-state index contributed by atoms with van der Waals surface area (Å²) in [5.74, 6) is 0.0445. The van der Waals surface area contributed by atoms with Crippen LogP contribution >= 0.6 is 0 Å². The maximum Gasteiger partial charge on any atom is 0.287 e. The summed E-state index contributed by atoms with van der Waals surface area (Å²) in [6.07, 6.45) is 4.27. The minimum absolute atomic E-state index is 0.203. The second-order valence-corrected chi connectivity index (χ2v) is 8.70. The molecule has 0 bridgehead atoms. The first-order chi connectivity index (χ1) is 12.4. The van der Waals surface area contributed by atoms with E-state index in [4.69, 9.17) is 4.42 Å². The van der Waals surface area contributed by atoms with Crippen LogP contribution in [0.5, 0.6) is 0 Å². The average molecular weight is 378 g/mol. The molecule has 1 aliphatic carbocycles. The molecule has 6 nitrogen and oxygen atoms in total. The molecule has 0 spiro atoms. The van der Waals surface area contributed by atoms with Gasteiger partial charge in [0, 0.05) is 30.1 Å². The summed E-state index contributed by atoms with van der Waals surface area (Å²) >= 11 is 0. The summed E-state index contributed by atoms with van der Waals surface area (Å²) in [4.78, 5) is 12.8. The number of furan rings is 1. The zero-order valence-electron chi connectivity index (χ0n) is 15.5. The number of nitrogens with zero attached hydrogens (tertiary/aromatic N) is 1. The fourth-order valence-corrected chi connectivity index (χ4v) is 5.10. The Bertz CT molecular complexity index is 907. The molecule has 1 fully saturated rings. The Kier molecular flexibility index (Phi) is 5.39. The van der Waals surface area contributed by atoms with Crippen LogP contribution in [0, 0.1) is 6.92 Å². The molecule has 0 saturated heterocycles. The third kappa shape index (κ3) is 3.38. The van der Waals surface area contributed by atoms with E-state index in [1.807, 2.05) is 13.8 Å². The van der Waals surface area contributed by atoms with Crippen LogP contribution in [0.1, 0.15) is 55.6 Å². The molecule has 7 heteroatoms. The fraction of sp³-hybridized carbons (Fsp3) is 0.526. The van der Waals surface area contributed by atoms with Crippen LogP contribution in [0.4, 0.5) is 0 Å². The van der Waals surface area contributed by atoms with Gasteiger partial charge in [-0.25, -0.2) is 8.42 Å². The van der Waals surface area contributed by atoms with E-state index in [1.165, 1.54) is 10.4 Å². The number of carbonyl (C=O) groups excluding carboxylic acids is 1. The van der Waals surface area contributed by atoms with E-state index in [2.05, 4.69) is 5.32 Å². The Morgan fingerprint density at radius 2 is 1.88 bits per heavy atom. The lowest BCUT2D eigenvalue weighted by atomic mass is 10.1. The van der Waals surface area contributed by atoms with E-state index in [0.29, 0.717) is 29.6 Å². The maximum atomic E-state index is 12.7. The number of benzene rings is 1. The van der Waals surface area contributed by atoms with Gasteiger partial charge in [-0.1, -0.05) is 26.7 Å². The zero-order valence-corrected chi connectivity index (χ0v) is 16.4. The van der Waals surface area contributed by atoms with Crippen LogP contribution in [-0.4, -0.2) is 37.8 Å². The van der Waals surface area contributed by atoms with Crippen molar-refractivity contribution in [3.63, 3.8) is 0 Å². The molecule has 1 saturated carbocycles. The molecule has 0 radical (unpaired) electrons. The van der Waals surface area contributed by atoms with Crippen molar-refractivity contribution >= 4 is 26.9 Å². The number of carbonyl (C=O) groups is 1. The van der Waals surface area contributed by atoms with Gasteiger partial charge in [-0.3, -0.25) is 4.79 Å². The highest BCUT2D eigenvalue weighted by Gasteiger charge is 2.25. The predicted octanol–water partition coefficient (Wildman–Crippen LogP) is 3.44. The number of hydrogen-bond acceptors (Lipinski definition) is 4. The smallest absolute Gasteiger partial charge is 0.287 e. The number of hydrogen-bond donors (Lipinski definition) is 1. The predicted molar refractivity (Wildman–Crippen MR) is 101 cm³/mol. The van der Waals surface area contributed by atoms with Crippen molar-refractivity contribution in [2.75, 3.05) is 13.1 Å². The van der Waals surface area contributed by atoms with Gasteiger partial charge in [0.2, 0.25) is 10.0 Å².